The van der Waals surface area contributed by atoms with Crippen molar-refractivity contribution >= 4 is 17.3 Å². The van der Waals surface area contributed by atoms with Crippen molar-refractivity contribution in [3.63, 3.8) is 0 Å². The van der Waals surface area contributed by atoms with Crippen molar-refractivity contribution in [2.24, 2.45) is 17.3 Å². The lowest BCUT2D eigenvalue weighted by molar-refractivity contribution is -0.920. The first-order valence-electron chi connectivity index (χ1n) is 9.01. The van der Waals surface area contributed by atoms with E-state index in [0.29, 0.717) is 23.2 Å². The molecular formula is C21H21ClN5+. The van der Waals surface area contributed by atoms with Crippen LogP contribution < -0.4 is 4.90 Å². The standard InChI is InChI=1S/C21H20ClN5/c1-13(2)27-8-7-14-16(9-23)20(26)21(11-24,12-25)19(17(14)10-27)15-5-3-4-6-18(15)22/h3-7,13,16-17,19,26H,8,10H2,1-2H3/p+1/t16?,17-,19+/m0/s1. The van der Waals surface area contributed by atoms with E-state index in [0.717, 1.165) is 12.1 Å². The smallest absolute Gasteiger partial charge is 0.190 e. The Balaban J connectivity index is 2.27. The molecule has 1 aromatic carbocycles. The Hall–Kier alpha value is -2.65. The summed E-state index contributed by atoms with van der Waals surface area (Å²) in [6, 6.07) is 14.0. The number of halogens is 1. The van der Waals surface area contributed by atoms with Crippen molar-refractivity contribution in [1.82, 2.24) is 0 Å². The second kappa shape index (κ2) is 7.16. The number of benzene rings is 1. The number of rotatable bonds is 2. The van der Waals surface area contributed by atoms with E-state index in [9.17, 15) is 15.8 Å². The van der Waals surface area contributed by atoms with Gasteiger partial charge in [-0.2, -0.15) is 15.8 Å². The number of nitrogens with zero attached hydrogens (tertiary/aromatic N) is 3. The minimum Gasteiger partial charge on any atom is -0.329 e. The van der Waals surface area contributed by atoms with Crippen LogP contribution in [0.5, 0.6) is 0 Å². The van der Waals surface area contributed by atoms with E-state index in [4.69, 9.17) is 17.0 Å². The van der Waals surface area contributed by atoms with Crippen molar-refractivity contribution < 1.29 is 4.90 Å². The summed E-state index contributed by atoms with van der Waals surface area (Å²) in [6.07, 6.45) is 2.04. The van der Waals surface area contributed by atoms with Crippen molar-refractivity contribution in [2.75, 3.05) is 13.1 Å². The Bertz CT molecular complexity index is 913. The van der Waals surface area contributed by atoms with Crippen LogP contribution in [0.15, 0.2) is 35.9 Å². The Morgan fingerprint density at radius 1 is 1.22 bits per heavy atom. The number of hydrogen-bond donors (Lipinski definition) is 2. The normalized spacial score (nSPS) is 29.1. The molecule has 0 bridgehead atoms. The van der Waals surface area contributed by atoms with Gasteiger partial charge in [-0.05, 0) is 37.1 Å². The average Bonchev–Trinajstić information content (AvgIpc) is 2.67. The fraction of sp³-hybridized carbons (Fsp3) is 0.429. The fourth-order valence-corrected chi connectivity index (χ4v) is 4.72. The highest BCUT2D eigenvalue weighted by Crippen LogP contribution is 2.53. The lowest BCUT2D eigenvalue weighted by Crippen LogP contribution is -3.16. The molecule has 4 atom stereocenters. The molecule has 1 heterocycles. The van der Waals surface area contributed by atoms with E-state index in [1.54, 1.807) is 6.07 Å². The van der Waals surface area contributed by atoms with Gasteiger partial charge in [-0.1, -0.05) is 29.8 Å². The molecule has 0 amide bonds. The second-order valence-corrected chi connectivity index (χ2v) is 7.95. The van der Waals surface area contributed by atoms with Gasteiger partial charge < -0.3 is 10.3 Å². The number of hydrogen-bond acceptors (Lipinski definition) is 4. The van der Waals surface area contributed by atoms with E-state index in [1.807, 2.05) is 24.3 Å². The van der Waals surface area contributed by atoms with Gasteiger partial charge in [0.2, 0.25) is 0 Å². The predicted molar refractivity (Wildman–Crippen MR) is 102 cm³/mol. The van der Waals surface area contributed by atoms with Gasteiger partial charge in [0.05, 0.1) is 43.1 Å². The maximum Gasteiger partial charge on any atom is 0.190 e. The first kappa shape index (κ1) is 19.1. The van der Waals surface area contributed by atoms with Gasteiger partial charge in [-0.25, -0.2) is 0 Å². The average molecular weight is 379 g/mol. The molecule has 0 aromatic heterocycles. The molecule has 5 nitrogen and oxygen atoms in total. The summed E-state index contributed by atoms with van der Waals surface area (Å²) in [5.41, 5.74) is -0.273. The van der Waals surface area contributed by atoms with E-state index in [1.165, 1.54) is 4.90 Å². The van der Waals surface area contributed by atoms with Gasteiger partial charge in [0.25, 0.3) is 0 Å². The molecule has 27 heavy (non-hydrogen) atoms. The highest BCUT2D eigenvalue weighted by Gasteiger charge is 2.59. The molecular weight excluding hydrogens is 358 g/mol. The lowest BCUT2D eigenvalue weighted by Gasteiger charge is -2.47. The predicted octanol–water partition coefficient (Wildman–Crippen LogP) is 2.48. The van der Waals surface area contributed by atoms with Crippen LogP contribution in [0.4, 0.5) is 0 Å². The molecule has 2 N–H and O–H groups in total. The van der Waals surface area contributed by atoms with Gasteiger partial charge in [0.15, 0.2) is 5.41 Å². The van der Waals surface area contributed by atoms with E-state index >= 15 is 0 Å². The Morgan fingerprint density at radius 2 is 1.89 bits per heavy atom. The molecule has 0 radical (unpaired) electrons. The maximum absolute atomic E-state index is 10.0. The lowest BCUT2D eigenvalue weighted by atomic mass is 9.54. The molecule has 1 aromatic rings. The van der Waals surface area contributed by atoms with E-state index in [-0.39, 0.29) is 11.6 Å². The maximum atomic E-state index is 10.0. The summed E-state index contributed by atoms with van der Waals surface area (Å²) in [5.74, 6) is -1.59. The highest BCUT2D eigenvalue weighted by molar-refractivity contribution is 6.31. The SMILES string of the molecule is CC(C)[NH+]1CC=C2C(C#N)C(=N)C(C#N)(C#N)[C@H](c3ccccc3Cl)[C@H]2C1. The topological polar surface area (TPSA) is 99.7 Å². The summed E-state index contributed by atoms with van der Waals surface area (Å²) in [7, 11) is 0. The minimum absolute atomic E-state index is 0.129. The third-order valence-electron chi connectivity index (χ3n) is 5.96. The molecule has 0 spiro atoms. The molecule has 1 saturated carbocycles. The number of quaternary nitrogens is 1. The molecule has 2 unspecified atom stereocenters. The quantitative estimate of drug-likeness (QED) is 0.773. The van der Waals surface area contributed by atoms with Crippen LogP contribution in [0.2, 0.25) is 5.02 Å². The molecule has 1 fully saturated rings. The van der Waals surface area contributed by atoms with Gasteiger partial charge in [-0.3, -0.25) is 0 Å². The summed E-state index contributed by atoms with van der Waals surface area (Å²) < 4.78 is 0. The van der Waals surface area contributed by atoms with Crippen LogP contribution in [-0.4, -0.2) is 24.8 Å². The van der Waals surface area contributed by atoms with Crippen molar-refractivity contribution in [1.29, 1.82) is 21.2 Å². The van der Waals surface area contributed by atoms with Gasteiger partial charge in [-0.15, -0.1) is 0 Å². The summed E-state index contributed by atoms with van der Waals surface area (Å²) in [5, 5.41) is 38.9. The van der Waals surface area contributed by atoms with Crippen molar-refractivity contribution in [3.8, 4) is 18.2 Å². The van der Waals surface area contributed by atoms with Crippen LogP contribution in [0.1, 0.15) is 25.3 Å². The van der Waals surface area contributed by atoms with Crippen LogP contribution in [0.3, 0.4) is 0 Å². The highest BCUT2D eigenvalue weighted by atomic mass is 35.5. The zero-order valence-electron chi connectivity index (χ0n) is 15.3. The molecule has 6 heteroatoms. The van der Waals surface area contributed by atoms with Crippen LogP contribution in [-0.2, 0) is 0 Å². The van der Waals surface area contributed by atoms with Crippen LogP contribution in [0, 0.1) is 56.7 Å². The zero-order chi connectivity index (χ0) is 19.8. The summed E-state index contributed by atoms with van der Waals surface area (Å²) >= 11 is 6.47. The largest absolute Gasteiger partial charge is 0.329 e. The third kappa shape index (κ3) is 2.83. The minimum atomic E-state index is -1.70. The Labute approximate surface area is 164 Å². The number of nitriles is 3. The first-order valence-corrected chi connectivity index (χ1v) is 9.39. The molecule has 3 rings (SSSR count). The van der Waals surface area contributed by atoms with Crippen LogP contribution >= 0.6 is 11.6 Å². The van der Waals surface area contributed by atoms with Gasteiger partial charge in [0.1, 0.15) is 5.92 Å². The first-order chi connectivity index (χ1) is 12.9. The van der Waals surface area contributed by atoms with E-state index < -0.39 is 17.3 Å². The molecule has 0 saturated heterocycles. The van der Waals surface area contributed by atoms with Gasteiger partial charge in [0, 0.05) is 16.9 Å². The van der Waals surface area contributed by atoms with Gasteiger partial charge >= 0.3 is 0 Å². The zero-order valence-corrected chi connectivity index (χ0v) is 16.1. The second-order valence-electron chi connectivity index (χ2n) is 7.54. The van der Waals surface area contributed by atoms with Crippen molar-refractivity contribution in [2.45, 2.75) is 25.8 Å². The Morgan fingerprint density at radius 3 is 2.44 bits per heavy atom. The molecule has 1 aliphatic carbocycles. The third-order valence-corrected chi connectivity index (χ3v) is 6.31. The summed E-state index contributed by atoms with van der Waals surface area (Å²) in [4.78, 5) is 1.33. The fourth-order valence-electron chi connectivity index (χ4n) is 4.46. The van der Waals surface area contributed by atoms with Crippen molar-refractivity contribution in [3.05, 3.63) is 46.5 Å². The Kier molecular flexibility index (Phi) is 5.07. The van der Waals surface area contributed by atoms with Crippen LogP contribution in [0.25, 0.3) is 0 Å². The molecule has 1 aliphatic heterocycles. The summed E-state index contributed by atoms with van der Waals surface area (Å²) in [6.45, 7) is 5.74. The molecule has 2 aliphatic rings. The number of fused-ring (bicyclic) bond motifs is 1. The van der Waals surface area contributed by atoms with E-state index in [2.05, 4.69) is 32.1 Å². The number of nitrogens with one attached hydrogen (secondary N) is 2. The molecule has 136 valence electrons. The monoisotopic (exact) mass is 378 g/mol.